The fraction of sp³-hybridized carbons (Fsp3) is 0.115. The van der Waals surface area contributed by atoms with Gasteiger partial charge in [0.25, 0.3) is 5.91 Å². The standard InChI is InChI=1S/C26H22N2O4S2/c1-18-27-19(16-33-18)17-34-24-14-8-5-11-21(24)26(30)31-15-25(29)28-22-12-6-7-13-23(22)32-20-9-3-2-4-10-20/h2-14,16H,15,17H2,1H3,(H,28,29). The minimum absolute atomic E-state index is 0.414. The smallest absolute Gasteiger partial charge is 0.339 e. The Hall–Kier alpha value is -3.62. The maximum atomic E-state index is 12.7. The predicted octanol–water partition coefficient (Wildman–Crippen LogP) is 6.33. The molecular formula is C26H22N2O4S2. The molecule has 6 nitrogen and oxygen atoms in total. The summed E-state index contributed by atoms with van der Waals surface area (Å²) in [5, 5.41) is 5.76. The van der Waals surface area contributed by atoms with Crippen molar-refractivity contribution in [2.75, 3.05) is 11.9 Å². The van der Waals surface area contributed by atoms with Crippen molar-refractivity contribution < 1.29 is 19.1 Å². The van der Waals surface area contributed by atoms with Crippen molar-refractivity contribution >= 4 is 40.7 Å². The number of para-hydroxylation sites is 3. The molecule has 0 aliphatic heterocycles. The molecule has 4 aromatic rings. The molecule has 4 rings (SSSR count). The normalized spacial score (nSPS) is 10.5. The molecular weight excluding hydrogens is 468 g/mol. The summed E-state index contributed by atoms with van der Waals surface area (Å²) in [5.74, 6) is 0.778. The molecule has 1 heterocycles. The topological polar surface area (TPSA) is 77.5 Å². The number of hydrogen-bond acceptors (Lipinski definition) is 7. The van der Waals surface area contributed by atoms with Crippen LogP contribution in [0.5, 0.6) is 11.5 Å². The summed E-state index contributed by atoms with van der Waals surface area (Å²) in [6.07, 6.45) is 0. The van der Waals surface area contributed by atoms with Crippen LogP contribution in [0.3, 0.4) is 0 Å². The van der Waals surface area contributed by atoms with Crippen molar-refractivity contribution in [3.05, 3.63) is 101 Å². The highest BCUT2D eigenvalue weighted by Crippen LogP contribution is 2.29. The van der Waals surface area contributed by atoms with E-state index in [1.165, 1.54) is 11.8 Å². The molecule has 0 radical (unpaired) electrons. The van der Waals surface area contributed by atoms with E-state index in [-0.39, 0.29) is 0 Å². The third-order valence-electron chi connectivity index (χ3n) is 4.62. The maximum Gasteiger partial charge on any atom is 0.339 e. The van der Waals surface area contributed by atoms with Gasteiger partial charge in [-0.2, -0.15) is 0 Å². The van der Waals surface area contributed by atoms with Crippen LogP contribution in [0.2, 0.25) is 0 Å². The van der Waals surface area contributed by atoms with Crippen LogP contribution in [0, 0.1) is 6.92 Å². The Bertz CT molecular complexity index is 1270. The van der Waals surface area contributed by atoms with Gasteiger partial charge < -0.3 is 14.8 Å². The summed E-state index contributed by atoms with van der Waals surface area (Å²) < 4.78 is 11.2. The largest absolute Gasteiger partial charge is 0.455 e. The number of carbonyl (C=O) groups is 2. The van der Waals surface area contributed by atoms with E-state index in [4.69, 9.17) is 9.47 Å². The van der Waals surface area contributed by atoms with E-state index in [0.717, 1.165) is 15.6 Å². The second-order valence-electron chi connectivity index (χ2n) is 7.18. The number of carbonyl (C=O) groups excluding carboxylic acids is 2. The average Bonchev–Trinajstić information content (AvgIpc) is 3.28. The number of benzene rings is 3. The van der Waals surface area contributed by atoms with Gasteiger partial charge in [0.2, 0.25) is 0 Å². The Balaban J connectivity index is 1.35. The van der Waals surface area contributed by atoms with Gasteiger partial charge in [0.1, 0.15) is 5.75 Å². The van der Waals surface area contributed by atoms with Crippen LogP contribution in [-0.4, -0.2) is 23.5 Å². The summed E-state index contributed by atoms with van der Waals surface area (Å²) in [6, 6.07) is 23.5. The van der Waals surface area contributed by atoms with Gasteiger partial charge in [0.15, 0.2) is 12.4 Å². The monoisotopic (exact) mass is 490 g/mol. The molecule has 1 N–H and O–H groups in total. The Labute approximate surface area is 206 Å². The highest BCUT2D eigenvalue weighted by atomic mass is 32.2. The average molecular weight is 491 g/mol. The van der Waals surface area contributed by atoms with Crippen molar-refractivity contribution in [3.8, 4) is 11.5 Å². The summed E-state index contributed by atoms with van der Waals surface area (Å²) in [6.45, 7) is 1.55. The van der Waals surface area contributed by atoms with Gasteiger partial charge in [-0.05, 0) is 43.3 Å². The second-order valence-corrected chi connectivity index (χ2v) is 9.26. The zero-order valence-corrected chi connectivity index (χ0v) is 20.0. The minimum Gasteiger partial charge on any atom is -0.455 e. The van der Waals surface area contributed by atoms with E-state index in [0.29, 0.717) is 28.5 Å². The lowest BCUT2D eigenvalue weighted by Gasteiger charge is -2.13. The summed E-state index contributed by atoms with van der Waals surface area (Å²) in [4.78, 5) is 30.4. The molecule has 0 saturated carbocycles. The van der Waals surface area contributed by atoms with Crippen LogP contribution in [0.15, 0.2) is 89.1 Å². The van der Waals surface area contributed by atoms with Gasteiger partial charge >= 0.3 is 5.97 Å². The van der Waals surface area contributed by atoms with Gasteiger partial charge in [0, 0.05) is 16.0 Å². The summed E-state index contributed by atoms with van der Waals surface area (Å²) in [7, 11) is 0. The van der Waals surface area contributed by atoms with Gasteiger partial charge in [-0.25, -0.2) is 9.78 Å². The quantitative estimate of drug-likeness (QED) is 0.218. The molecule has 3 aromatic carbocycles. The summed E-state index contributed by atoms with van der Waals surface area (Å²) >= 11 is 3.10. The zero-order valence-electron chi connectivity index (χ0n) is 18.4. The molecule has 0 bridgehead atoms. The maximum absolute atomic E-state index is 12.7. The van der Waals surface area contributed by atoms with E-state index in [9.17, 15) is 9.59 Å². The Morgan fingerprint density at radius 2 is 1.71 bits per heavy atom. The number of esters is 1. The highest BCUT2D eigenvalue weighted by Gasteiger charge is 2.16. The molecule has 34 heavy (non-hydrogen) atoms. The van der Waals surface area contributed by atoms with E-state index in [1.54, 1.807) is 41.7 Å². The fourth-order valence-electron chi connectivity index (χ4n) is 3.06. The number of nitrogens with one attached hydrogen (secondary N) is 1. The van der Waals surface area contributed by atoms with E-state index < -0.39 is 18.5 Å². The van der Waals surface area contributed by atoms with Gasteiger partial charge in [-0.1, -0.05) is 42.5 Å². The lowest BCUT2D eigenvalue weighted by molar-refractivity contribution is -0.119. The number of hydrogen-bond donors (Lipinski definition) is 1. The molecule has 0 spiro atoms. The number of ether oxygens (including phenoxy) is 2. The first-order chi connectivity index (χ1) is 16.6. The predicted molar refractivity (Wildman–Crippen MR) is 135 cm³/mol. The van der Waals surface area contributed by atoms with Crippen LogP contribution in [0.4, 0.5) is 5.69 Å². The molecule has 0 fully saturated rings. The number of anilines is 1. The fourth-order valence-corrected chi connectivity index (χ4v) is 4.71. The van der Waals surface area contributed by atoms with Crippen molar-refractivity contribution in [1.29, 1.82) is 0 Å². The number of aryl methyl sites for hydroxylation is 1. The molecule has 0 unspecified atom stereocenters. The molecule has 0 atom stereocenters. The third-order valence-corrected chi connectivity index (χ3v) is 6.55. The Morgan fingerprint density at radius 1 is 0.971 bits per heavy atom. The first-order valence-corrected chi connectivity index (χ1v) is 12.4. The lowest BCUT2D eigenvalue weighted by atomic mass is 10.2. The molecule has 0 saturated heterocycles. The van der Waals surface area contributed by atoms with Gasteiger partial charge in [-0.15, -0.1) is 23.1 Å². The SMILES string of the molecule is Cc1nc(CSc2ccccc2C(=O)OCC(=O)Nc2ccccc2Oc2ccccc2)cs1. The zero-order chi connectivity index (χ0) is 23.8. The van der Waals surface area contributed by atoms with E-state index in [2.05, 4.69) is 10.3 Å². The van der Waals surface area contributed by atoms with Crippen LogP contribution < -0.4 is 10.1 Å². The number of amides is 1. The third kappa shape index (κ3) is 6.46. The second kappa shape index (κ2) is 11.5. The molecule has 8 heteroatoms. The van der Waals surface area contributed by atoms with Gasteiger partial charge in [0.05, 0.1) is 22.0 Å². The van der Waals surface area contributed by atoms with Crippen molar-refractivity contribution in [2.24, 2.45) is 0 Å². The first kappa shape index (κ1) is 23.5. The number of thioether (sulfide) groups is 1. The molecule has 0 aliphatic carbocycles. The Kier molecular flexibility index (Phi) is 7.95. The molecule has 172 valence electrons. The molecule has 0 aliphatic rings. The lowest BCUT2D eigenvalue weighted by Crippen LogP contribution is -2.21. The van der Waals surface area contributed by atoms with Crippen LogP contribution in [-0.2, 0) is 15.3 Å². The van der Waals surface area contributed by atoms with Crippen molar-refractivity contribution in [3.63, 3.8) is 0 Å². The Morgan fingerprint density at radius 3 is 2.50 bits per heavy atom. The number of aromatic nitrogens is 1. The number of rotatable bonds is 9. The molecule has 1 amide bonds. The number of thiazole rings is 1. The van der Waals surface area contributed by atoms with Crippen molar-refractivity contribution in [2.45, 2.75) is 17.6 Å². The van der Waals surface area contributed by atoms with E-state index >= 15 is 0 Å². The van der Waals surface area contributed by atoms with Crippen LogP contribution in [0.25, 0.3) is 0 Å². The van der Waals surface area contributed by atoms with Crippen molar-refractivity contribution in [1.82, 2.24) is 4.98 Å². The highest BCUT2D eigenvalue weighted by molar-refractivity contribution is 7.98. The van der Waals surface area contributed by atoms with E-state index in [1.807, 2.05) is 60.8 Å². The summed E-state index contributed by atoms with van der Waals surface area (Å²) in [5.41, 5.74) is 1.87. The van der Waals surface area contributed by atoms with Crippen LogP contribution >= 0.6 is 23.1 Å². The number of nitrogens with zero attached hydrogens (tertiary/aromatic N) is 1. The molecule has 1 aromatic heterocycles. The first-order valence-electron chi connectivity index (χ1n) is 10.5. The minimum atomic E-state index is -0.554. The van der Waals surface area contributed by atoms with Gasteiger partial charge in [-0.3, -0.25) is 4.79 Å². The van der Waals surface area contributed by atoms with Crippen LogP contribution in [0.1, 0.15) is 21.1 Å².